The van der Waals surface area contributed by atoms with Crippen molar-refractivity contribution in [3.8, 4) is 0 Å². The molecule has 10 nitrogen and oxygen atoms in total. The molecule has 1 aromatic heterocycles. The first-order valence-corrected chi connectivity index (χ1v) is 16.2. The topological polar surface area (TPSA) is 139 Å². The predicted molar refractivity (Wildman–Crippen MR) is 179 cm³/mol. The molecule has 0 spiro atoms. The number of rotatable bonds is 17. The van der Waals surface area contributed by atoms with Gasteiger partial charge in [0.05, 0.1) is 6.42 Å². The summed E-state index contributed by atoms with van der Waals surface area (Å²) >= 11 is 0. The van der Waals surface area contributed by atoms with Crippen LogP contribution in [-0.4, -0.2) is 53.6 Å². The summed E-state index contributed by atoms with van der Waals surface area (Å²) in [5, 5.41) is 9.79. The molecular weight excluding hydrogens is 584 g/mol. The van der Waals surface area contributed by atoms with Crippen LogP contribution in [-0.2, 0) is 36.9 Å². The first kappa shape index (κ1) is 36.1. The van der Waals surface area contributed by atoms with Gasteiger partial charge in [0.2, 0.25) is 11.8 Å². The number of benzene rings is 2. The van der Waals surface area contributed by atoms with Crippen molar-refractivity contribution >= 4 is 34.8 Å². The van der Waals surface area contributed by atoms with Crippen molar-refractivity contribution in [3.05, 3.63) is 71.9 Å². The molecule has 3 aromatic rings. The maximum absolute atomic E-state index is 13.6. The van der Waals surface area contributed by atoms with E-state index in [2.05, 4.69) is 20.9 Å². The third-order valence-electron chi connectivity index (χ3n) is 7.63. The predicted octanol–water partition coefficient (Wildman–Crippen LogP) is 5.80. The van der Waals surface area contributed by atoms with Crippen LogP contribution in [0.5, 0.6) is 0 Å². The zero-order chi connectivity index (χ0) is 33.5. The summed E-state index contributed by atoms with van der Waals surface area (Å²) in [7, 11) is 0. The number of nitrogens with one attached hydrogen (secondary N) is 4. The number of fused-ring (bicyclic) bond motifs is 1. The minimum atomic E-state index is -0.791. The van der Waals surface area contributed by atoms with Gasteiger partial charge in [0, 0.05) is 36.6 Å². The number of aromatic amines is 1. The number of unbranched alkanes of at least 4 members (excludes halogenated alkanes) is 2. The fraction of sp³-hybridized carbons (Fsp3) is 0.500. The second-order valence-corrected chi connectivity index (χ2v) is 12.9. The molecule has 3 rings (SSSR count). The van der Waals surface area contributed by atoms with Crippen molar-refractivity contribution in [1.82, 2.24) is 20.9 Å². The number of ether oxygens (including phenoxy) is 2. The van der Waals surface area contributed by atoms with Crippen molar-refractivity contribution in [2.75, 3.05) is 13.1 Å². The van der Waals surface area contributed by atoms with Crippen LogP contribution in [0.2, 0.25) is 0 Å². The van der Waals surface area contributed by atoms with Crippen molar-refractivity contribution in [1.29, 1.82) is 0 Å². The monoisotopic (exact) mass is 634 g/mol. The summed E-state index contributed by atoms with van der Waals surface area (Å²) in [5.41, 5.74) is 2.37. The summed E-state index contributed by atoms with van der Waals surface area (Å²) < 4.78 is 10.6. The first-order chi connectivity index (χ1) is 21.9. The van der Waals surface area contributed by atoms with E-state index in [0.717, 1.165) is 34.9 Å². The molecular formula is C36H50N4O6. The Bertz CT molecular complexity index is 1410. The zero-order valence-corrected chi connectivity index (χ0v) is 27.8. The summed E-state index contributed by atoms with van der Waals surface area (Å²) in [5.74, 6) is -1.21. The summed E-state index contributed by atoms with van der Waals surface area (Å²) in [6, 6.07) is 16.7. The molecule has 0 fully saturated rings. The second kappa shape index (κ2) is 18.0. The third kappa shape index (κ3) is 12.6. The SMILES string of the molecule is CC(C)C(Cc1c[nH]c2ccccc12)[C@@H](NC(=O)CCC(=O)OC(C)(C)C)C(=O)NCCCCCNC(=O)OCc1ccccc1. The molecule has 10 heteroatoms. The van der Waals surface area contributed by atoms with Gasteiger partial charge in [-0.1, -0.05) is 62.4 Å². The molecule has 0 saturated carbocycles. The lowest BCUT2D eigenvalue weighted by atomic mass is 9.82. The number of carbonyl (C=O) groups excluding carboxylic acids is 4. The number of carbonyl (C=O) groups is 4. The standard InChI is InChI=1S/C36H50N4O6/c1-25(2)29(22-27-23-39-30-17-11-10-16-28(27)30)33(40-31(41)18-19-32(42)46-36(3,4)5)34(43)37-20-12-7-13-21-38-35(44)45-24-26-14-8-6-9-15-26/h6,8-11,14-17,23,25,29,33,39H,7,12-13,18-22,24H2,1-5H3,(H,37,43)(H,38,44)(H,40,41)/t29?,33-/m1/s1. The van der Waals surface area contributed by atoms with Crippen LogP contribution in [0.4, 0.5) is 4.79 Å². The van der Waals surface area contributed by atoms with Crippen molar-refractivity contribution < 1.29 is 28.7 Å². The van der Waals surface area contributed by atoms with Gasteiger partial charge in [-0.3, -0.25) is 14.4 Å². The van der Waals surface area contributed by atoms with Gasteiger partial charge >= 0.3 is 12.1 Å². The van der Waals surface area contributed by atoms with Crippen molar-refractivity contribution in [2.24, 2.45) is 11.8 Å². The normalized spacial score (nSPS) is 12.7. The highest BCUT2D eigenvalue weighted by Crippen LogP contribution is 2.27. The highest BCUT2D eigenvalue weighted by Gasteiger charge is 2.33. The minimum Gasteiger partial charge on any atom is -0.460 e. The summed E-state index contributed by atoms with van der Waals surface area (Å²) in [4.78, 5) is 54.1. The Balaban J connectivity index is 1.53. The lowest BCUT2D eigenvalue weighted by Crippen LogP contribution is -2.53. The molecule has 0 bridgehead atoms. The van der Waals surface area contributed by atoms with Crippen LogP contribution in [0.25, 0.3) is 10.9 Å². The van der Waals surface area contributed by atoms with Crippen molar-refractivity contribution in [3.63, 3.8) is 0 Å². The van der Waals surface area contributed by atoms with E-state index in [1.165, 1.54) is 0 Å². The molecule has 0 radical (unpaired) electrons. The number of amides is 3. The highest BCUT2D eigenvalue weighted by atomic mass is 16.6. The van der Waals surface area contributed by atoms with Crippen LogP contribution in [0.1, 0.15) is 77.8 Å². The van der Waals surface area contributed by atoms with Gasteiger partial charge < -0.3 is 30.4 Å². The van der Waals surface area contributed by atoms with E-state index in [-0.39, 0.29) is 43.1 Å². The molecule has 0 aliphatic carbocycles. The second-order valence-electron chi connectivity index (χ2n) is 12.9. The maximum Gasteiger partial charge on any atom is 0.407 e. The lowest BCUT2D eigenvalue weighted by molar-refractivity contribution is -0.155. The number of aromatic nitrogens is 1. The van der Waals surface area contributed by atoms with Gasteiger partial charge in [-0.05, 0) is 75.5 Å². The van der Waals surface area contributed by atoms with E-state index < -0.39 is 23.7 Å². The molecule has 4 N–H and O–H groups in total. The summed E-state index contributed by atoms with van der Waals surface area (Å²) in [6.07, 6.45) is 4.17. The van der Waals surface area contributed by atoms with E-state index in [9.17, 15) is 19.2 Å². The molecule has 0 aliphatic rings. The first-order valence-electron chi connectivity index (χ1n) is 16.2. The van der Waals surface area contributed by atoms with Crippen LogP contribution in [0, 0.1) is 11.8 Å². The van der Waals surface area contributed by atoms with E-state index >= 15 is 0 Å². The Hall–Kier alpha value is -4.34. The third-order valence-corrected chi connectivity index (χ3v) is 7.63. The molecule has 250 valence electrons. The van der Waals surface area contributed by atoms with E-state index in [1.807, 2.05) is 74.6 Å². The highest BCUT2D eigenvalue weighted by molar-refractivity contribution is 5.89. The largest absolute Gasteiger partial charge is 0.460 e. The zero-order valence-electron chi connectivity index (χ0n) is 27.8. The van der Waals surface area contributed by atoms with Crippen LogP contribution in [0.15, 0.2) is 60.8 Å². The van der Waals surface area contributed by atoms with E-state index in [0.29, 0.717) is 25.9 Å². The van der Waals surface area contributed by atoms with Gasteiger partial charge in [-0.25, -0.2) is 4.79 Å². The van der Waals surface area contributed by atoms with E-state index in [4.69, 9.17) is 9.47 Å². The Kier molecular flexibility index (Phi) is 14.1. The molecule has 2 aromatic carbocycles. The van der Waals surface area contributed by atoms with Gasteiger partial charge in [-0.2, -0.15) is 0 Å². The number of esters is 1. The fourth-order valence-electron chi connectivity index (χ4n) is 5.23. The Morgan fingerprint density at radius 2 is 1.52 bits per heavy atom. The molecule has 2 atom stereocenters. The fourth-order valence-corrected chi connectivity index (χ4v) is 5.23. The molecule has 46 heavy (non-hydrogen) atoms. The number of hydrogen-bond acceptors (Lipinski definition) is 6. The van der Waals surface area contributed by atoms with Crippen LogP contribution >= 0.6 is 0 Å². The van der Waals surface area contributed by atoms with Gasteiger partial charge in [0.15, 0.2) is 0 Å². The molecule has 3 amide bonds. The number of hydrogen-bond donors (Lipinski definition) is 4. The smallest absolute Gasteiger partial charge is 0.407 e. The molecule has 1 unspecified atom stereocenters. The number of alkyl carbamates (subject to hydrolysis) is 1. The van der Waals surface area contributed by atoms with Crippen LogP contribution < -0.4 is 16.0 Å². The minimum absolute atomic E-state index is 0.0694. The van der Waals surface area contributed by atoms with Crippen LogP contribution in [0.3, 0.4) is 0 Å². The van der Waals surface area contributed by atoms with Crippen molar-refractivity contribution in [2.45, 2.75) is 91.4 Å². The van der Waals surface area contributed by atoms with Gasteiger partial charge in [0.1, 0.15) is 18.2 Å². The average Bonchev–Trinajstić information content (AvgIpc) is 3.42. The molecule has 1 heterocycles. The van der Waals surface area contributed by atoms with Gasteiger partial charge in [0.25, 0.3) is 0 Å². The quantitative estimate of drug-likeness (QED) is 0.109. The Labute approximate surface area is 272 Å². The summed E-state index contributed by atoms with van der Waals surface area (Å²) in [6.45, 7) is 10.5. The number of para-hydroxylation sites is 1. The average molecular weight is 635 g/mol. The van der Waals surface area contributed by atoms with Gasteiger partial charge in [-0.15, -0.1) is 0 Å². The Morgan fingerprint density at radius 3 is 2.22 bits per heavy atom. The maximum atomic E-state index is 13.6. The molecule has 0 saturated heterocycles. The molecule has 0 aliphatic heterocycles. The van der Waals surface area contributed by atoms with E-state index in [1.54, 1.807) is 20.8 Å². The number of H-pyrrole nitrogens is 1. The lowest BCUT2D eigenvalue weighted by Gasteiger charge is -2.30. The Morgan fingerprint density at radius 1 is 0.848 bits per heavy atom.